The molecule has 1 fully saturated rings. The second-order valence-electron chi connectivity index (χ2n) is 8.48. The van der Waals surface area contributed by atoms with Crippen LogP contribution in [-0.2, 0) is 6.42 Å². The van der Waals surface area contributed by atoms with Gasteiger partial charge in [-0.15, -0.1) is 0 Å². The van der Waals surface area contributed by atoms with Crippen LogP contribution in [-0.4, -0.2) is 56.7 Å². The molecule has 0 saturated carbocycles. The predicted molar refractivity (Wildman–Crippen MR) is 130 cm³/mol. The fourth-order valence-electron chi connectivity index (χ4n) is 4.38. The van der Waals surface area contributed by atoms with E-state index in [0.29, 0.717) is 25.2 Å². The first-order valence-electron chi connectivity index (χ1n) is 11.7. The molecule has 34 heavy (non-hydrogen) atoms. The van der Waals surface area contributed by atoms with Crippen molar-refractivity contribution in [1.82, 2.24) is 24.6 Å². The van der Waals surface area contributed by atoms with Gasteiger partial charge >= 0.3 is 0 Å². The highest BCUT2D eigenvalue weighted by molar-refractivity contribution is 5.94. The highest BCUT2D eigenvalue weighted by Gasteiger charge is 2.24. The van der Waals surface area contributed by atoms with Gasteiger partial charge in [-0.25, -0.2) is 19.0 Å². The van der Waals surface area contributed by atoms with E-state index < -0.39 is 0 Å². The number of amides is 1. The zero-order valence-corrected chi connectivity index (χ0v) is 19.2. The van der Waals surface area contributed by atoms with Crippen LogP contribution in [0, 0.1) is 5.82 Å². The third-order valence-electron chi connectivity index (χ3n) is 6.10. The molecule has 1 aliphatic heterocycles. The maximum absolute atomic E-state index is 13.3. The van der Waals surface area contributed by atoms with Crippen molar-refractivity contribution in [2.45, 2.75) is 26.2 Å². The van der Waals surface area contributed by atoms with E-state index in [1.165, 1.54) is 12.1 Å². The number of benzene rings is 2. The molecule has 3 heterocycles. The normalized spacial score (nSPS) is 14.4. The molecule has 0 radical (unpaired) electrons. The Morgan fingerprint density at radius 3 is 2.53 bits per heavy atom. The van der Waals surface area contributed by atoms with E-state index in [0.717, 1.165) is 54.2 Å². The van der Waals surface area contributed by atoms with E-state index in [4.69, 9.17) is 9.97 Å². The van der Waals surface area contributed by atoms with E-state index in [1.807, 2.05) is 46.1 Å². The minimum atomic E-state index is -0.342. The topological polar surface area (TPSA) is 67.2 Å². The number of anilines is 1. The summed E-state index contributed by atoms with van der Waals surface area (Å²) in [5.74, 6) is 1.25. The molecule has 8 heteroatoms. The Hall–Kier alpha value is -3.81. The molecule has 1 aliphatic rings. The van der Waals surface area contributed by atoms with Gasteiger partial charge in [0, 0.05) is 38.2 Å². The van der Waals surface area contributed by atoms with Gasteiger partial charge in [0.1, 0.15) is 17.5 Å². The van der Waals surface area contributed by atoms with Crippen molar-refractivity contribution >= 4 is 22.8 Å². The molecular weight excluding hydrogens is 431 g/mol. The van der Waals surface area contributed by atoms with Crippen LogP contribution in [0.3, 0.4) is 0 Å². The third kappa shape index (κ3) is 4.35. The summed E-state index contributed by atoms with van der Waals surface area (Å²) in [4.78, 5) is 26.8. The number of aryl methyl sites for hydroxylation is 1. The number of para-hydroxylation sites is 1. The van der Waals surface area contributed by atoms with Crippen molar-refractivity contribution in [3.8, 4) is 5.69 Å². The first-order valence-corrected chi connectivity index (χ1v) is 11.7. The molecule has 4 aromatic rings. The monoisotopic (exact) mass is 458 g/mol. The molecule has 7 nitrogen and oxygen atoms in total. The van der Waals surface area contributed by atoms with Crippen LogP contribution in [0.2, 0.25) is 0 Å². The van der Waals surface area contributed by atoms with Gasteiger partial charge in [0.05, 0.1) is 17.3 Å². The first kappa shape index (κ1) is 22.0. The maximum atomic E-state index is 13.3. The number of fused-ring (bicyclic) bond motifs is 1. The van der Waals surface area contributed by atoms with Crippen LogP contribution in [0.15, 0.2) is 60.8 Å². The number of nitrogens with zero attached hydrogens (tertiary/aromatic N) is 6. The quantitative estimate of drug-likeness (QED) is 0.447. The lowest BCUT2D eigenvalue weighted by atomic mass is 10.2. The Morgan fingerprint density at radius 1 is 0.971 bits per heavy atom. The lowest BCUT2D eigenvalue weighted by Crippen LogP contribution is -2.35. The molecule has 2 aromatic carbocycles. The van der Waals surface area contributed by atoms with Crippen molar-refractivity contribution < 1.29 is 9.18 Å². The average Bonchev–Trinajstić information content (AvgIpc) is 3.13. The summed E-state index contributed by atoms with van der Waals surface area (Å²) < 4.78 is 15.1. The number of carbonyl (C=O) groups is 1. The summed E-state index contributed by atoms with van der Waals surface area (Å²) in [6.45, 7) is 4.76. The lowest BCUT2D eigenvalue weighted by molar-refractivity contribution is 0.0767. The Labute approximate surface area is 197 Å². The van der Waals surface area contributed by atoms with Crippen LogP contribution >= 0.6 is 0 Å². The van der Waals surface area contributed by atoms with Crippen LogP contribution < -0.4 is 4.90 Å². The Kier molecular flexibility index (Phi) is 6.20. The minimum absolute atomic E-state index is 0.0711. The number of carbonyl (C=O) groups excluding carboxylic acids is 1. The number of rotatable bonds is 5. The van der Waals surface area contributed by atoms with Crippen molar-refractivity contribution in [2.24, 2.45) is 0 Å². The summed E-state index contributed by atoms with van der Waals surface area (Å²) in [7, 11) is 0. The molecule has 1 saturated heterocycles. The van der Waals surface area contributed by atoms with Gasteiger partial charge in [-0.05, 0) is 49.2 Å². The minimum Gasteiger partial charge on any atom is -0.354 e. The van der Waals surface area contributed by atoms with Crippen LogP contribution in [0.4, 0.5) is 10.2 Å². The molecular formula is C26H27FN6O. The summed E-state index contributed by atoms with van der Waals surface area (Å²) in [6, 6.07) is 15.7. The average molecular weight is 459 g/mol. The highest BCUT2D eigenvalue weighted by Crippen LogP contribution is 2.27. The van der Waals surface area contributed by atoms with E-state index in [2.05, 4.69) is 16.9 Å². The smallest absolute Gasteiger partial charge is 0.253 e. The Morgan fingerprint density at radius 2 is 1.76 bits per heavy atom. The van der Waals surface area contributed by atoms with Crippen LogP contribution in [0.5, 0.6) is 0 Å². The van der Waals surface area contributed by atoms with Crippen LogP contribution in [0.1, 0.15) is 35.9 Å². The molecule has 0 bridgehead atoms. The van der Waals surface area contributed by atoms with Crippen LogP contribution in [0.25, 0.3) is 16.7 Å². The van der Waals surface area contributed by atoms with E-state index in [9.17, 15) is 9.18 Å². The first-order chi connectivity index (χ1) is 16.6. The molecule has 0 spiro atoms. The van der Waals surface area contributed by atoms with Gasteiger partial charge in [-0.2, -0.15) is 5.10 Å². The Bertz CT molecular complexity index is 1290. The second-order valence-corrected chi connectivity index (χ2v) is 8.48. The molecule has 174 valence electrons. The maximum Gasteiger partial charge on any atom is 0.253 e. The number of halogens is 1. The van der Waals surface area contributed by atoms with Gasteiger partial charge in [-0.3, -0.25) is 4.79 Å². The second kappa shape index (κ2) is 9.59. The SMILES string of the molecule is CCCc1nc(N2CCCN(C(=O)c3ccc(F)cc3)CC2)c2cnn(-c3ccccc3)c2n1. The summed E-state index contributed by atoms with van der Waals surface area (Å²) in [6.07, 6.45) is 4.38. The lowest BCUT2D eigenvalue weighted by Gasteiger charge is -2.24. The van der Waals surface area contributed by atoms with E-state index in [1.54, 1.807) is 12.1 Å². The number of hydrogen-bond donors (Lipinski definition) is 0. The van der Waals surface area contributed by atoms with Crippen molar-refractivity contribution in [3.63, 3.8) is 0 Å². The summed E-state index contributed by atoms with van der Waals surface area (Å²) in [5.41, 5.74) is 2.26. The van der Waals surface area contributed by atoms with Gasteiger partial charge in [-0.1, -0.05) is 25.1 Å². The largest absolute Gasteiger partial charge is 0.354 e. The summed E-state index contributed by atoms with van der Waals surface area (Å²) >= 11 is 0. The molecule has 2 aromatic heterocycles. The molecule has 0 aliphatic carbocycles. The van der Waals surface area contributed by atoms with Crippen molar-refractivity contribution in [2.75, 3.05) is 31.1 Å². The zero-order chi connectivity index (χ0) is 23.5. The Balaban J connectivity index is 1.45. The highest BCUT2D eigenvalue weighted by atomic mass is 19.1. The van der Waals surface area contributed by atoms with Gasteiger partial charge in [0.2, 0.25) is 0 Å². The third-order valence-corrected chi connectivity index (χ3v) is 6.10. The fraction of sp³-hybridized carbons (Fsp3) is 0.308. The number of hydrogen-bond acceptors (Lipinski definition) is 5. The van der Waals surface area contributed by atoms with Gasteiger partial charge < -0.3 is 9.80 Å². The number of aromatic nitrogens is 4. The zero-order valence-electron chi connectivity index (χ0n) is 19.2. The molecule has 0 atom stereocenters. The predicted octanol–water partition coefficient (Wildman–Crippen LogP) is 4.26. The van der Waals surface area contributed by atoms with Crippen molar-refractivity contribution in [1.29, 1.82) is 0 Å². The molecule has 0 N–H and O–H groups in total. The van der Waals surface area contributed by atoms with E-state index >= 15 is 0 Å². The summed E-state index contributed by atoms with van der Waals surface area (Å²) in [5, 5.41) is 5.53. The van der Waals surface area contributed by atoms with Gasteiger partial charge in [0.25, 0.3) is 5.91 Å². The van der Waals surface area contributed by atoms with Gasteiger partial charge in [0.15, 0.2) is 5.65 Å². The molecule has 0 unspecified atom stereocenters. The standard InChI is InChI=1S/C26H27FN6O/c1-2-7-23-29-24(22-18-28-33(25(22)30-23)21-8-4-3-5-9-21)31-14-6-15-32(17-16-31)26(34)19-10-12-20(27)13-11-19/h3-5,8-13,18H,2,6-7,14-17H2,1H3. The molecule has 5 rings (SSSR count). The van der Waals surface area contributed by atoms with Crippen molar-refractivity contribution in [3.05, 3.63) is 78.0 Å². The van der Waals surface area contributed by atoms with E-state index in [-0.39, 0.29) is 11.7 Å². The fourth-order valence-corrected chi connectivity index (χ4v) is 4.38. The molecule has 1 amide bonds.